The molecule has 1 saturated heterocycles. The second-order valence-electron chi connectivity index (χ2n) is 11.4. The molecular formula is C39H47NO7. The van der Waals surface area contributed by atoms with Crippen LogP contribution in [0.15, 0.2) is 121 Å². The van der Waals surface area contributed by atoms with Crippen molar-refractivity contribution in [1.29, 1.82) is 0 Å². The second kappa shape index (κ2) is 18.8. The Morgan fingerprint density at radius 2 is 1.06 bits per heavy atom. The molecule has 0 saturated carbocycles. The smallest absolute Gasteiger partial charge is 0.147 e. The normalized spacial score (nSPS) is 18.5. The molecule has 0 spiro atoms. The van der Waals surface area contributed by atoms with Crippen molar-refractivity contribution in [1.82, 2.24) is 4.90 Å². The Morgan fingerprint density at radius 1 is 0.596 bits per heavy atom. The van der Waals surface area contributed by atoms with Gasteiger partial charge in [0.15, 0.2) is 0 Å². The molecule has 0 aromatic heterocycles. The Labute approximate surface area is 279 Å². The molecular weight excluding hydrogens is 594 g/mol. The van der Waals surface area contributed by atoms with Gasteiger partial charge in [-0.3, -0.25) is 4.90 Å². The van der Waals surface area contributed by atoms with Crippen LogP contribution < -0.4 is 0 Å². The number of nitrogens with zero attached hydrogens (tertiary/aromatic N) is 1. The fraction of sp³-hybridized carbons (Fsp3) is 0.385. The summed E-state index contributed by atoms with van der Waals surface area (Å²) >= 11 is 0. The van der Waals surface area contributed by atoms with Crippen LogP contribution in [0.3, 0.4) is 0 Å². The fourth-order valence-corrected chi connectivity index (χ4v) is 6.14. The van der Waals surface area contributed by atoms with Gasteiger partial charge in [-0.15, -0.1) is 0 Å². The highest BCUT2D eigenvalue weighted by Crippen LogP contribution is 2.41. The quantitative estimate of drug-likeness (QED) is 0.0673. The van der Waals surface area contributed by atoms with E-state index in [2.05, 4.69) is 102 Å². The number of ether oxygens (including phenoxy) is 7. The van der Waals surface area contributed by atoms with E-state index < -0.39 is 5.60 Å². The van der Waals surface area contributed by atoms with Crippen LogP contribution in [0.4, 0.5) is 0 Å². The third-order valence-electron chi connectivity index (χ3n) is 8.44. The predicted molar refractivity (Wildman–Crippen MR) is 181 cm³/mol. The minimum atomic E-state index is -0.871. The van der Waals surface area contributed by atoms with Gasteiger partial charge in [-0.1, -0.05) is 121 Å². The van der Waals surface area contributed by atoms with Crippen molar-refractivity contribution in [3.05, 3.63) is 144 Å². The Bertz CT molecular complexity index is 1300. The number of hydrogen-bond acceptors (Lipinski definition) is 8. The monoisotopic (exact) mass is 641 g/mol. The number of benzene rings is 4. The van der Waals surface area contributed by atoms with Crippen molar-refractivity contribution in [2.75, 3.05) is 67.4 Å². The van der Waals surface area contributed by atoms with Gasteiger partial charge in [0.2, 0.25) is 0 Å². The Kier molecular flexibility index (Phi) is 13.9. The summed E-state index contributed by atoms with van der Waals surface area (Å²) in [5.41, 5.74) is 3.47. The summed E-state index contributed by atoms with van der Waals surface area (Å²) in [6.45, 7) is 3.81. The molecule has 0 radical (unpaired) electrons. The summed E-state index contributed by atoms with van der Waals surface area (Å²) < 4.78 is 42.0. The first-order valence-corrected chi connectivity index (χ1v) is 16.2. The fourth-order valence-electron chi connectivity index (χ4n) is 6.14. The molecule has 1 heterocycles. The van der Waals surface area contributed by atoms with Gasteiger partial charge < -0.3 is 33.2 Å². The van der Waals surface area contributed by atoms with Crippen molar-refractivity contribution >= 4 is 0 Å². The van der Waals surface area contributed by atoms with Crippen molar-refractivity contribution in [2.45, 2.75) is 30.4 Å². The molecule has 4 aromatic carbocycles. The lowest BCUT2D eigenvalue weighted by molar-refractivity contribution is -0.167. The molecule has 5 rings (SSSR count). The van der Waals surface area contributed by atoms with E-state index in [9.17, 15) is 0 Å². The molecule has 0 amide bonds. The van der Waals surface area contributed by atoms with Crippen LogP contribution in [0.5, 0.6) is 0 Å². The summed E-state index contributed by atoms with van der Waals surface area (Å²) in [5, 5.41) is 0. The molecule has 8 heteroatoms. The molecule has 3 atom stereocenters. The minimum absolute atomic E-state index is 0.106. The minimum Gasteiger partial charge on any atom is -0.382 e. The summed E-state index contributed by atoms with van der Waals surface area (Å²) in [6.07, 6.45) is -0.632. The largest absolute Gasteiger partial charge is 0.382 e. The summed E-state index contributed by atoms with van der Waals surface area (Å²) in [6, 6.07) is 41.6. The summed E-state index contributed by atoms with van der Waals surface area (Å²) in [7, 11) is 3.31. The molecule has 1 aliphatic heterocycles. The maximum Gasteiger partial charge on any atom is 0.147 e. The van der Waals surface area contributed by atoms with Crippen LogP contribution in [0.2, 0.25) is 0 Å². The average molecular weight is 642 g/mol. The van der Waals surface area contributed by atoms with Gasteiger partial charge in [0.05, 0.1) is 39.1 Å². The molecule has 1 aliphatic rings. The first kappa shape index (κ1) is 34.9. The molecule has 8 nitrogen and oxygen atoms in total. The maximum absolute atomic E-state index is 7.34. The molecule has 250 valence electrons. The number of rotatable bonds is 20. The molecule has 0 N–H and O–H groups in total. The van der Waals surface area contributed by atoms with Gasteiger partial charge in [0.25, 0.3) is 0 Å². The third kappa shape index (κ3) is 9.34. The van der Waals surface area contributed by atoms with E-state index in [1.165, 1.54) is 5.56 Å². The standard InChI is InChI=1S/C39H47NO7/c1-41-23-25-43-30-45-37-28-40(27-32-15-7-3-8-16-32)36(38(37)46-31-44-26-24-42-2)29-47-39(33-17-9-4-10-18-33,34-19-11-5-12-20-34)35-21-13-6-14-22-35/h3-22,36-38H,23-31H2,1-2H3/t36-,37+,38+/m1/s1. The van der Waals surface area contributed by atoms with Gasteiger partial charge in [0.1, 0.15) is 31.4 Å². The van der Waals surface area contributed by atoms with Crippen LogP contribution >= 0.6 is 0 Å². The molecule has 0 bridgehead atoms. The number of methoxy groups -OCH3 is 2. The molecule has 47 heavy (non-hydrogen) atoms. The van der Waals surface area contributed by atoms with Crippen LogP contribution in [-0.4, -0.2) is 90.5 Å². The van der Waals surface area contributed by atoms with E-state index in [-0.39, 0.29) is 31.8 Å². The highest BCUT2D eigenvalue weighted by atomic mass is 16.7. The van der Waals surface area contributed by atoms with Gasteiger partial charge in [-0.2, -0.15) is 0 Å². The van der Waals surface area contributed by atoms with Crippen LogP contribution in [0.1, 0.15) is 22.3 Å². The highest BCUT2D eigenvalue weighted by Gasteiger charge is 2.46. The van der Waals surface area contributed by atoms with Crippen molar-refractivity contribution in [3.63, 3.8) is 0 Å². The zero-order chi connectivity index (χ0) is 32.6. The lowest BCUT2D eigenvalue weighted by Crippen LogP contribution is -2.45. The van der Waals surface area contributed by atoms with Crippen LogP contribution in [0.25, 0.3) is 0 Å². The lowest BCUT2D eigenvalue weighted by Gasteiger charge is -2.38. The third-order valence-corrected chi connectivity index (χ3v) is 8.44. The van der Waals surface area contributed by atoms with E-state index >= 15 is 0 Å². The van der Waals surface area contributed by atoms with Crippen molar-refractivity contribution < 1.29 is 33.2 Å². The summed E-state index contributed by atoms with van der Waals surface area (Å²) in [5.74, 6) is 0. The average Bonchev–Trinajstić information content (AvgIpc) is 3.45. The van der Waals surface area contributed by atoms with Crippen molar-refractivity contribution in [3.8, 4) is 0 Å². The SMILES string of the molecule is COCCOCO[C@@H]1[C@@H](OCOCCOC)CN(Cc2ccccc2)[C@@H]1COC(c1ccccc1)(c1ccccc1)c1ccccc1. The van der Waals surface area contributed by atoms with E-state index in [1.54, 1.807) is 14.2 Å². The zero-order valence-electron chi connectivity index (χ0n) is 27.4. The maximum atomic E-state index is 7.34. The molecule has 0 unspecified atom stereocenters. The van der Waals surface area contributed by atoms with Crippen LogP contribution in [0, 0.1) is 0 Å². The van der Waals surface area contributed by atoms with E-state index in [1.807, 2.05) is 24.3 Å². The Hall–Kier alpha value is -3.44. The van der Waals surface area contributed by atoms with Gasteiger partial charge in [0, 0.05) is 27.3 Å². The van der Waals surface area contributed by atoms with E-state index in [0.29, 0.717) is 46.1 Å². The first-order valence-electron chi connectivity index (χ1n) is 16.2. The lowest BCUT2D eigenvalue weighted by atomic mass is 9.80. The Balaban J connectivity index is 1.49. The highest BCUT2D eigenvalue weighted by molar-refractivity contribution is 5.47. The van der Waals surface area contributed by atoms with Gasteiger partial charge in [-0.25, -0.2) is 0 Å². The number of likely N-dealkylation sites (tertiary alicyclic amines) is 1. The predicted octanol–water partition coefficient (Wildman–Crippen LogP) is 5.89. The Morgan fingerprint density at radius 3 is 1.55 bits per heavy atom. The van der Waals surface area contributed by atoms with E-state index in [0.717, 1.165) is 16.7 Å². The number of hydrogen-bond donors (Lipinski definition) is 0. The van der Waals surface area contributed by atoms with Crippen LogP contribution in [-0.2, 0) is 45.3 Å². The molecule has 4 aromatic rings. The topological polar surface area (TPSA) is 67.9 Å². The van der Waals surface area contributed by atoms with Crippen molar-refractivity contribution in [2.24, 2.45) is 0 Å². The van der Waals surface area contributed by atoms with Gasteiger partial charge >= 0.3 is 0 Å². The summed E-state index contributed by atoms with van der Waals surface area (Å²) in [4.78, 5) is 2.39. The van der Waals surface area contributed by atoms with E-state index in [4.69, 9.17) is 33.2 Å². The molecule has 0 aliphatic carbocycles. The van der Waals surface area contributed by atoms with Gasteiger partial charge in [-0.05, 0) is 22.3 Å². The first-order chi connectivity index (χ1) is 23.3. The zero-order valence-corrected chi connectivity index (χ0v) is 27.4. The second-order valence-corrected chi connectivity index (χ2v) is 11.4. The molecule has 1 fully saturated rings.